The fourth-order valence-corrected chi connectivity index (χ4v) is 7.30. The Hall–Kier alpha value is -4.23. The van der Waals surface area contributed by atoms with Crippen LogP contribution in [0.2, 0.25) is 5.02 Å². The first-order valence-electron chi connectivity index (χ1n) is 18.0. The molecule has 1 amide bonds. The number of nitrogens with zero attached hydrogens (tertiary/aromatic N) is 2. The molecule has 3 aromatic rings. The van der Waals surface area contributed by atoms with Gasteiger partial charge in [-0.15, -0.1) is 0 Å². The van der Waals surface area contributed by atoms with E-state index in [1.54, 1.807) is 13.2 Å². The zero-order valence-corrected chi connectivity index (χ0v) is 31.6. The van der Waals surface area contributed by atoms with Crippen LogP contribution in [-0.2, 0) is 25.6 Å². The number of hydrogen-bond donors (Lipinski definition) is 2. The van der Waals surface area contributed by atoms with Crippen LogP contribution in [0, 0.1) is 5.41 Å². The van der Waals surface area contributed by atoms with Crippen molar-refractivity contribution in [3.05, 3.63) is 82.9 Å². The summed E-state index contributed by atoms with van der Waals surface area (Å²) in [4.78, 5) is 28.2. The summed E-state index contributed by atoms with van der Waals surface area (Å²) in [5.74, 6) is 0.427. The fourth-order valence-electron chi connectivity index (χ4n) is 7.11. The molecule has 5 rings (SSSR count). The van der Waals surface area contributed by atoms with Crippen LogP contribution in [-0.4, -0.2) is 105 Å². The number of benzene rings is 3. The van der Waals surface area contributed by atoms with Crippen LogP contribution in [0.4, 0.5) is 10.5 Å². The second-order valence-electron chi connectivity index (χ2n) is 14.3. The molecule has 2 aliphatic rings. The molecular weight excluding hydrogens is 704 g/mol. The van der Waals surface area contributed by atoms with Crippen molar-refractivity contribution in [2.24, 2.45) is 5.41 Å². The molecule has 0 radical (unpaired) electrons. The van der Waals surface area contributed by atoms with E-state index in [4.69, 9.17) is 40.0 Å². The third-order valence-electron chi connectivity index (χ3n) is 9.45. The second kappa shape index (κ2) is 18.7. The van der Waals surface area contributed by atoms with Gasteiger partial charge in [0, 0.05) is 32.6 Å². The van der Waals surface area contributed by atoms with Gasteiger partial charge in [-0.25, -0.2) is 9.59 Å². The lowest BCUT2D eigenvalue weighted by Gasteiger charge is -2.52. The van der Waals surface area contributed by atoms with Gasteiger partial charge >= 0.3 is 12.1 Å². The van der Waals surface area contributed by atoms with Crippen molar-refractivity contribution < 1.29 is 48.2 Å². The number of aliphatic carboxylic acids is 1. The Balaban J connectivity index is 1.37. The molecule has 2 heterocycles. The van der Waals surface area contributed by atoms with Crippen molar-refractivity contribution in [2.45, 2.75) is 64.4 Å². The van der Waals surface area contributed by atoms with Crippen LogP contribution in [0.25, 0.3) is 0 Å². The Kier molecular flexibility index (Phi) is 14.1. The van der Waals surface area contributed by atoms with E-state index in [2.05, 4.69) is 11.0 Å². The number of carboxylic acids is 1. The van der Waals surface area contributed by atoms with Crippen molar-refractivity contribution in [3.63, 3.8) is 0 Å². The molecular formula is C40H51ClN2O10. The number of para-hydroxylation sites is 1. The Labute approximate surface area is 316 Å². The first-order valence-corrected chi connectivity index (χ1v) is 18.4. The minimum absolute atomic E-state index is 0.0652. The third kappa shape index (κ3) is 10.7. The normalized spacial score (nSPS) is 20.0. The van der Waals surface area contributed by atoms with E-state index in [1.165, 1.54) is 4.90 Å². The first kappa shape index (κ1) is 40.0. The van der Waals surface area contributed by atoms with E-state index >= 15 is 0 Å². The van der Waals surface area contributed by atoms with Gasteiger partial charge in [-0.1, -0.05) is 62.7 Å². The molecule has 1 unspecified atom stereocenters. The van der Waals surface area contributed by atoms with Crippen LogP contribution < -0.4 is 19.1 Å². The molecule has 0 aromatic heterocycles. The number of piperidine rings is 1. The van der Waals surface area contributed by atoms with E-state index in [-0.39, 0.29) is 13.2 Å². The lowest BCUT2D eigenvalue weighted by Crippen LogP contribution is -2.64. The van der Waals surface area contributed by atoms with Gasteiger partial charge in [-0.3, -0.25) is 4.90 Å². The highest BCUT2D eigenvalue weighted by atomic mass is 35.5. The Morgan fingerprint density at radius 1 is 0.943 bits per heavy atom. The highest BCUT2D eigenvalue weighted by Crippen LogP contribution is 2.43. The number of ether oxygens (including phenoxy) is 6. The maximum atomic E-state index is 12.8. The fraction of sp³-hybridized carbons (Fsp3) is 0.500. The molecule has 288 valence electrons. The minimum Gasteiger partial charge on any atom is -0.493 e. The molecule has 53 heavy (non-hydrogen) atoms. The number of carbonyl (C=O) groups is 2. The lowest BCUT2D eigenvalue weighted by atomic mass is 9.71. The van der Waals surface area contributed by atoms with Gasteiger partial charge in [0.15, 0.2) is 0 Å². The molecule has 0 bridgehead atoms. The molecule has 0 saturated carbocycles. The molecule has 3 aromatic carbocycles. The van der Waals surface area contributed by atoms with E-state index in [0.717, 1.165) is 42.1 Å². The Bertz CT molecular complexity index is 1650. The number of rotatable bonds is 17. The topological polar surface area (TPSA) is 136 Å². The minimum atomic E-state index is -1.14. The van der Waals surface area contributed by atoms with Crippen LogP contribution >= 0.6 is 11.6 Å². The number of anilines is 1. The predicted octanol–water partition coefficient (Wildman–Crippen LogP) is 6.97. The summed E-state index contributed by atoms with van der Waals surface area (Å²) in [7, 11) is 1.69. The van der Waals surface area contributed by atoms with Gasteiger partial charge in [0.25, 0.3) is 0 Å². The zero-order valence-electron chi connectivity index (χ0n) is 30.9. The monoisotopic (exact) mass is 754 g/mol. The smallest absolute Gasteiger partial charge is 0.407 e. The SMILES string of the molecule is COCCCN1CCOc2ccc(CO[C@H]3CN(C(=O)O)C(C(C)(C)C)[C@@H](OCC(=O)O)[C@@H]3c3ccc(OCCCOc4ccccc4Cl)cc3)cc21. The van der Waals surface area contributed by atoms with Gasteiger partial charge in [0.2, 0.25) is 0 Å². The Morgan fingerprint density at radius 2 is 1.70 bits per heavy atom. The van der Waals surface area contributed by atoms with Crippen LogP contribution in [0.15, 0.2) is 66.7 Å². The molecule has 1 fully saturated rings. The number of likely N-dealkylation sites (tertiary alicyclic amines) is 1. The zero-order chi connectivity index (χ0) is 38.0. The highest BCUT2D eigenvalue weighted by molar-refractivity contribution is 6.32. The van der Waals surface area contributed by atoms with Gasteiger partial charge in [0.1, 0.15) is 30.5 Å². The molecule has 1 saturated heterocycles. The van der Waals surface area contributed by atoms with E-state index < -0.39 is 48.3 Å². The van der Waals surface area contributed by atoms with Crippen molar-refractivity contribution in [2.75, 3.05) is 64.7 Å². The molecule has 0 aliphatic carbocycles. The Morgan fingerprint density at radius 3 is 2.40 bits per heavy atom. The highest BCUT2D eigenvalue weighted by Gasteiger charge is 2.51. The summed E-state index contributed by atoms with van der Waals surface area (Å²) >= 11 is 6.18. The van der Waals surface area contributed by atoms with Gasteiger partial charge in [0.05, 0.1) is 61.9 Å². The molecule has 4 atom stereocenters. The molecule has 12 nitrogen and oxygen atoms in total. The van der Waals surface area contributed by atoms with E-state index in [0.29, 0.717) is 49.4 Å². The number of halogens is 1. The summed E-state index contributed by atoms with van der Waals surface area (Å²) < 4.78 is 35.7. The number of carboxylic acid groups (broad SMARTS) is 2. The van der Waals surface area contributed by atoms with Crippen molar-refractivity contribution in [1.82, 2.24) is 4.90 Å². The number of hydrogen-bond acceptors (Lipinski definition) is 9. The summed E-state index contributed by atoms with van der Waals surface area (Å²) in [6.45, 7) is 9.15. The summed E-state index contributed by atoms with van der Waals surface area (Å²) in [6, 6.07) is 20.1. The van der Waals surface area contributed by atoms with Crippen LogP contribution in [0.3, 0.4) is 0 Å². The van der Waals surface area contributed by atoms with Crippen LogP contribution in [0.5, 0.6) is 17.2 Å². The molecule has 2 N–H and O–H groups in total. The van der Waals surface area contributed by atoms with Crippen molar-refractivity contribution in [3.8, 4) is 17.2 Å². The number of amides is 1. The van der Waals surface area contributed by atoms with Gasteiger partial charge in [-0.2, -0.15) is 0 Å². The average Bonchev–Trinajstić information content (AvgIpc) is 3.13. The second-order valence-corrected chi connectivity index (χ2v) is 14.7. The quantitative estimate of drug-likeness (QED) is 0.138. The first-order chi connectivity index (χ1) is 25.5. The van der Waals surface area contributed by atoms with E-state index in [9.17, 15) is 19.8 Å². The standard InChI is InChI=1S/C40H51ClN2O10/c1-40(2,3)38-37(53-26-35(44)45)36(28-12-14-29(15-13-28)49-20-8-21-50-32-10-6-5-9-30(32)41)34(24-43(38)39(46)47)52-25-27-11-16-33-31(23-27)42(18-22-51-33)17-7-19-48-4/h5-6,9-16,23,34,36-38H,7-8,17-22,24-26H2,1-4H3,(H,44,45)(H,46,47)/t34-,36+,37-,38?/m0/s1. The average molecular weight is 755 g/mol. The van der Waals surface area contributed by atoms with Crippen molar-refractivity contribution >= 4 is 29.4 Å². The summed E-state index contributed by atoms with van der Waals surface area (Å²) in [6.07, 6.45) is -1.11. The van der Waals surface area contributed by atoms with Gasteiger partial charge in [-0.05, 0) is 59.4 Å². The number of methoxy groups -OCH3 is 1. The van der Waals surface area contributed by atoms with Crippen molar-refractivity contribution in [1.29, 1.82) is 0 Å². The lowest BCUT2D eigenvalue weighted by molar-refractivity contribution is -0.160. The maximum absolute atomic E-state index is 12.8. The third-order valence-corrected chi connectivity index (χ3v) is 9.76. The molecule has 0 spiro atoms. The molecule has 2 aliphatic heterocycles. The number of fused-ring (bicyclic) bond motifs is 1. The van der Waals surface area contributed by atoms with Gasteiger partial charge < -0.3 is 43.5 Å². The summed E-state index contributed by atoms with van der Waals surface area (Å²) in [5.41, 5.74) is 2.10. The van der Waals surface area contributed by atoms with E-state index in [1.807, 2.05) is 75.4 Å². The molecule has 13 heteroatoms. The van der Waals surface area contributed by atoms with Crippen LogP contribution in [0.1, 0.15) is 50.7 Å². The summed E-state index contributed by atoms with van der Waals surface area (Å²) in [5, 5.41) is 20.7. The largest absolute Gasteiger partial charge is 0.493 e. The maximum Gasteiger partial charge on any atom is 0.407 e. The predicted molar refractivity (Wildman–Crippen MR) is 201 cm³/mol.